The molecule has 7 nitrogen and oxygen atoms in total. The van der Waals surface area contributed by atoms with Gasteiger partial charge in [0, 0.05) is 54.9 Å². The monoisotopic (exact) mass is 413 g/mol. The van der Waals surface area contributed by atoms with Crippen LogP contribution in [0.25, 0.3) is 27.9 Å². The van der Waals surface area contributed by atoms with E-state index in [2.05, 4.69) is 46.2 Å². The lowest BCUT2D eigenvalue weighted by Crippen LogP contribution is -2.44. The second kappa shape index (κ2) is 7.59. The number of fused-ring (bicyclic) bond motifs is 1. The highest BCUT2D eigenvalue weighted by Crippen LogP contribution is 2.33. The first-order valence-corrected chi connectivity index (χ1v) is 10.5. The molecule has 0 spiro atoms. The van der Waals surface area contributed by atoms with Crippen LogP contribution in [0.15, 0.2) is 54.9 Å². The molecular formula is C24H27N7. The van der Waals surface area contributed by atoms with Crippen molar-refractivity contribution in [3.63, 3.8) is 0 Å². The van der Waals surface area contributed by atoms with Crippen LogP contribution < -0.4 is 16.4 Å². The third-order valence-electron chi connectivity index (χ3n) is 6.13. The number of benzene rings is 2. The van der Waals surface area contributed by atoms with Gasteiger partial charge in [-0.05, 0) is 54.9 Å². The Balaban J connectivity index is 1.54. The van der Waals surface area contributed by atoms with E-state index in [9.17, 15) is 0 Å². The van der Waals surface area contributed by atoms with Crippen LogP contribution >= 0.6 is 0 Å². The zero-order chi connectivity index (χ0) is 21.5. The summed E-state index contributed by atoms with van der Waals surface area (Å²) in [7, 11) is 2.17. The summed E-state index contributed by atoms with van der Waals surface area (Å²) in [4.78, 5) is 9.53. The van der Waals surface area contributed by atoms with Gasteiger partial charge in [0.25, 0.3) is 0 Å². The maximum Gasteiger partial charge on any atom is 0.165 e. The smallest absolute Gasteiger partial charge is 0.165 e. The van der Waals surface area contributed by atoms with Crippen LogP contribution in [0.1, 0.15) is 5.56 Å². The largest absolute Gasteiger partial charge is 0.399 e. The maximum absolute atomic E-state index is 6.53. The number of anilines is 3. The van der Waals surface area contributed by atoms with Crippen LogP contribution in [-0.4, -0.2) is 52.7 Å². The normalized spacial score (nSPS) is 15.0. The highest BCUT2D eigenvalue weighted by molar-refractivity contribution is 5.84. The summed E-state index contributed by atoms with van der Waals surface area (Å²) in [5.41, 5.74) is 20.1. The van der Waals surface area contributed by atoms with Gasteiger partial charge >= 0.3 is 0 Å². The fraction of sp³-hybridized carbons (Fsp3) is 0.250. The summed E-state index contributed by atoms with van der Waals surface area (Å²) >= 11 is 0. The number of piperazine rings is 1. The van der Waals surface area contributed by atoms with Gasteiger partial charge < -0.3 is 21.3 Å². The summed E-state index contributed by atoms with van der Waals surface area (Å²) in [6.45, 7) is 6.24. The predicted molar refractivity (Wildman–Crippen MR) is 127 cm³/mol. The third-order valence-corrected chi connectivity index (χ3v) is 6.13. The maximum atomic E-state index is 6.53. The summed E-state index contributed by atoms with van der Waals surface area (Å²) in [5.74, 6) is 0.569. The van der Waals surface area contributed by atoms with Crippen molar-refractivity contribution in [2.24, 2.45) is 0 Å². The lowest BCUT2D eigenvalue weighted by atomic mass is 10.0. The molecule has 0 radical (unpaired) electrons. The molecule has 2 aromatic heterocycles. The minimum Gasteiger partial charge on any atom is -0.399 e. The molecule has 3 heterocycles. The summed E-state index contributed by atoms with van der Waals surface area (Å²) in [5, 5.41) is 4.56. The second-order valence-electron chi connectivity index (χ2n) is 8.27. The van der Waals surface area contributed by atoms with Crippen molar-refractivity contribution in [2.45, 2.75) is 6.92 Å². The lowest BCUT2D eigenvalue weighted by molar-refractivity contribution is 0.313. The molecule has 0 unspecified atom stereocenters. The molecule has 31 heavy (non-hydrogen) atoms. The molecule has 4 aromatic rings. The van der Waals surface area contributed by atoms with Gasteiger partial charge in [-0.3, -0.25) is 0 Å². The highest BCUT2D eigenvalue weighted by atomic mass is 15.3. The van der Waals surface area contributed by atoms with Crippen LogP contribution in [0.5, 0.6) is 0 Å². The topological polar surface area (TPSA) is 88.7 Å². The van der Waals surface area contributed by atoms with Crippen LogP contribution in [-0.2, 0) is 0 Å². The van der Waals surface area contributed by atoms with Crippen molar-refractivity contribution in [3.8, 4) is 22.3 Å². The standard InChI is InChI=1S/C24H27N7/c1-16-12-18(25)6-7-20(16)22-14-27-24-21(15-28-31(24)23(22)26)17-4-3-5-19(13-17)30-10-8-29(2)9-11-30/h3-7,12-15H,8-11,25-26H2,1-2H3. The minimum atomic E-state index is 0.569. The van der Waals surface area contributed by atoms with E-state index < -0.39 is 0 Å². The summed E-state index contributed by atoms with van der Waals surface area (Å²) in [6.07, 6.45) is 3.68. The quantitative estimate of drug-likeness (QED) is 0.501. The Bertz CT molecular complexity index is 1250. The fourth-order valence-electron chi connectivity index (χ4n) is 4.28. The van der Waals surface area contributed by atoms with Crippen LogP contribution in [0.4, 0.5) is 17.2 Å². The Morgan fingerprint density at radius 1 is 0.871 bits per heavy atom. The zero-order valence-corrected chi connectivity index (χ0v) is 17.9. The van der Waals surface area contributed by atoms with Crippen LogP contribution in [0.2, 0.25) is 0 Å². The first kappa shape index (κ1) is 19.4. The lowest BCUT2D eigenvalue weighted by Gasteiger charge is -2.34. The molecule has 0 bridgehead atoms. The van der Waals surface area contributed by atoms with Crippen molar-refractivity contribution in [3.05, 3.63) is 60.4 Å². The molecule has 2 aromatic carbocycles. The van der Waals surface area contributed by atoms with Crippen molar-refractivity contribution in [1.29, 1.82) is 0 Å². The van der Waals surface area contributed by atoms with E-state index in [0.29, 0.717) is 5.82 Å². The Labute approximate surface area is 181 Å². The molecule has 4 N–H and O–H groups in total. The van der Waals surface area contributed by atoms with Gasteiger partial charge in [-0.15, -0.1) is 0 Å². The molecule has 0 saturated carbocycles. The first-order chi connectivity index (χ1) is 15.0. The van der Waals surface area contributed by atoms with Gasteiger partial charge in [-0.2, -0.15) is 9.61 Å². The molecule has 0 atom stereocenters. The number of hydrogen-bond acceptors (Lipinski definition) is 6. The van der Waals surface area contributed by atoms with E-state index in [-0.39, 0.29) is 0 Å². The SMILES string of the molecule is Cc1cc(N)ccc1-c1cnc2c(-c3cccc(N4CCN(C)CC4)c3)cnn2c1N. The van der Waals surface area contributed by atoms with Gasteiger partial charge in [0.05, 0.1) is 6.20 Å². The van der Waals surface area contributed by atoms with Crippen molar-refractivity contribution >= 4 is 22.8 Å². The molecule has 0 amide bonds. The third kappa shape index (κ3) is 3.47. The average Bonchev–Trinajstić information content (AvgIpc) is 3.20. The van der Waals surface area contributed by atoms with Gasteiger partial charge in [0.2, 0.25) is 0 Å². The first-order valence-electron chi connectivity index (χ1n) is 10.5. The molecule has 7 heteroatoms. The van der Waals surface area contributed by atoms with E-state index in [1.165, 1.54) is 5.69 Å². The Morgan fingerprint density at radius 2 is 1.68 bits per heavy atom. The molecule has 1 aliphatic rings. The number of aryl methyl sites for hydroxylation is 1. The van der Waals surface area contributed by atoms with E-state index in [1.807, 2.05) is 37.5 Å². The number of likely N-dealkylation sites (N-methyl/N-ethyl adjacent to an activating group) is 1. The number of aromatic nitrogens is 3. The van der Waals surface area contributed by atoms with Gasteiger partial charge in [0.15, 0.2) is 5.65 Å². The fourth-order valence-corrected chi connectivity index (χ4v) is 4.28. The molecule has 1 aliphatic heterocycles. The van der Waals surface area contributed by atoms with Crippen molar-refractivity contribution in [1.82, 2.24) is 19.5 Å². The Hall–Kier alpha value is -3.58. The van der Waals surface area contributed by atoms with Crippen molar-refractivity contribution < 1.29 is 0 Å². The predicted octanol–water partition coefficient (Wildman–Crippen LogP) is 3.29. The van der Waals surface area contributed by atoms with E-state index in [1.54, 1.807) is 4.52 Å². The van der Waals surface area contributed by atoms with E-state index >= 15 is 0 Å². The van der Waals surface area contributed by atoms with Crippen LogP contribution in [0, 0.1) is 6.92 Å². The average molecular weight is 414 g/mol. The Morgan fingerprint density at radius 3 is 2.45 bits per heavy atom. The number of hydrogen-bond donors (Lipinski definition) is 2. The number of nitrogen functional groups attached to an aromatic ring is 2. The van der Waals surface area contributed by atoms with Gasteiger partial charge in [-0.25, -0.2) is 4.98 Å². The molecule has 5 rings (SSSR count). The molecule has 0 aliphatic carbocycles. The van der Waals surface area contributed by atoms with Crippen LogP contribution in [0.3, 0.4) is 0 Å². The summed E-state index contributed by atoms with van der Waals surface area (Å²) < 4.78 is 1.73. The van der Waals surface area contributed by atoms with E-state index in [0.717, 1.165) is 65.3 Å². The zero-order valence-electron chi connectivity index (χ0n) is 17.9. The number of rotatable bonds is 3. The minimum absolute atomic E-state index is 0.569. The molecular weight excluding hydrogens is 386 g/mol. The van der Waals surface area contributed by atoms with Crippen molar-refractivity contribution in [2.75, 3.05) is 49.6 Å². The molecule has 158 valence electrons. The number of nitrogens with zero attached hydrogens (tertiary/aromatic N) is 5. The van der Waals surface area contributed by atoms with Gasteiger partial charge in [-0.1, -0.05) is 18.2 Å². The molecule has 1 fully saturated rings. The van der Waals surface area contributed by atoms with E-state index in [4.69, 9.17) is 16.5 Å². The Kier molecular flexibility index (Phi) is 4.75. The molecule has 1 saturated heterocycles. The summed E-state index contributed by atoms with van der Waals surface area (Å²) in [6, 6.07) is 14.4. The number of nitrogens with two attached hydrogens (primary N) is 2. The second-order valence-corrected chi connectivity index (χ2v) is 8.27. The highest BCUT2D eigenvalue weighted by Gasteiger charge is 2.17. The van der Waals surface area contributed by atoms with Gasteiger partial charge in [0.1, 0.15) is 5.82 Å².